The van der Waals surface area contributed by atoms with Gasteiger partial charge in [-0.3, -0.25) is 9.78 Å². The predicted molar refractivity (Wildman–Crippen MR) is 91.4 cm³/mol. The Bertz CT molecular complexity index is 668. The lowest BCUT2D eigenvalue weighted by molar-refractivity contribution is -0.138. The lowest BCUT2D eigenvalue weighted by atomic mass is 9.97. The van der Waals surface area contributed by atoms with Gasteiger partial charge in [-0.15, -0.1) is 0 Å². The summed E-state index contributed by atoms with van der Waals surface area (Å²) in [7, 11) is 0. The first kappa shape index (κ1) is 17.5. The van der Waals surface area contributed by atoms with E-state index in [-0.39, 0.29) is 18.6 Å². The Kier molecular flexibility index (Phi) is 6.11. The zero-order valence-corrected chi connectivity index (χ0v) is 14.5. The fraction of sp³-hybridized carbons (Fsp3) is 0.556. The number of carbonyl (C=O) groups excluding carboxylic acids is 1. The molecule has 1 unspecified atom stereocenters. The number of rotatable bonds is 7. The minimum Gasteiger partial charge on any atom is -0.365 e. The first-order chi connectivity index (χ1) is 12.3. The van der Waals surface area contributed by atoms with Gasteiger partial charge in [0.25, 0.3) is 0 Å². The van der Waals surface area contributed by atoms with Crippen LogP contribution in [0.2, 0.25) is 0 Å². The first-order valence-electron chi connectivity index (χ1n) is 8.93. The second-order valence-corrected chi connectivity index (χ2v) is 6.24. The molecule has 1 N–H and O–H groups in total. The Balaban J connectivity index is 1.51. The van der Waals surface area contributed by atoms with E-state index in [1.165, 1.54) is 19.3 Å². The summed E-state index contributed by atoms with van der Waals surface area (Å²) >= 11 is 0. The third kappa shape index (κ3) is 4.85. The quantitative estimate of drug-likeness (QED) is 0.830. The van der Waals surface area contributed by atoms with E-state index in [4.69, 9.17) is 9.26 Å². The van der Waals surface area contributed by atoms with Crippen molar-refractivity contribution in [2.24, 2.45) is 0 Å². The molecule has 0 aromatic carbocycles. The van der Waals surface area contributed by atoms with Gasteiger partial charge in [0.1, 0.15) is 11.8 Å². The first-order valence-corrected chi connectivity index (χ1v) is 8.93. The van der Waals surface area contributed by atoms with Crippen molar-refractivity contribution in [3.8, 4) is 11.5 Å². The molecule has 2 heterocycles. The molecule has 0 spiro atoms. The van der Waals surface area contributed by atoms with Crippen molar-refractivity contribution in [1.29, 1.82) is 0 Å². The van der Waals surface area contributed by atoms with Gasteiger partial charge in [-0.1, -0.05) is 37.4 Å². The molecule has 1 saturated carbocycles. The minimum atomic E-state index is -0.429. The average molecular weight is 344 g/mol. The van der Waals surface area contributed by atoms with E-state index in [2.05, 4.69) is 20.4 Å². The maximum atomic E-state index is 12.4. The fourth-order valence-corrected chi connectivity index (χ4v) is 2.98. The van der Waals surface area contributed by atoms with E-state index in [9.17, 15) is 4.79 Å². The third-order valence-corrected chi connectivity index (χ3v) is 4.35. The Morgan fingerprint density at radius 3 is 2.92 bits per heavy atom. The van der Waals surface area contributed by atoms with Gasteiger partial charge in [-0.05, 0) is 31.4 Å². The topological polar surface area (TPSA) is 90.1 Å². The van der Waals surface area contributed by atoms with Crippen molar-refractivity contribution in [2.45, 2.75) is 64.2 Å². The minimum absolute atomic E-state index is 0.134. The van der Waals surface area contributed by atoms with E-state index in [1.54, 1.807) is 12.3 Å². The molecule has 25 heavy (non-hydrogen) atoms. The summed E-state index contributed by atoms with van der Waals surface area (Å²) in [5, 5.41) is 6.72. The molecule has 1 aliphatic rings. The van der Waals surface area contributed by atoms with Gasteiger partial charge in [-0.25, -0.2) is 0 Å². The molecule has 3 rings (SSSR count). The summed E-state index contributed by atoms with van der Waals surface area (Å²) in [6.07, 6.45) is 7.79. The standard InChI is InChI=1S/C18H24N4O3/c1-2-15(24-13-8-4-3-5-9-13)18(23)20-12-16-21-17(22-25-16)14-10-6-7-11-19-14/h6-7,10-11,13,15H,2-5,8-9,12H2,1H3,(H,20,23). The molecule has 134 valence electrons. The molecule has 7 nitrogen and oxygen atoms in total. The molecule has 0 saturated heterocycles. The summed E-state index contributed by atoms with van der Waals surface area (Å²) in [5.74, 6) is 0.627. The molecule has 1 atom stereocenters. The highest BCUT2D eigenvalue weighted by Gasteiger charge is 2.23. The van der Waals surface area contributed by atoms with Crippen LogP contribution in [0.3, 0.4) is 0 Å². The second kappa shape index (κ2) is 8.71. The molecule has 2 aromatic heterocycles. The number of ether oxygens (including phenoxy) is 1. The molecular formula is C18H24N4O3. The van der Waals surface area contributed by atoms with E-state index < -0.39 is 6.10 Å². The molecule has 0 aliphatic heterocycles. The predicted octanol–water partition coefficient (Wildman–Crippen LogP) is 2.88. The molecule has 0 bridgehead atoms. The van der Waals surface area contributed by atoms with Crippen molar-refractivity contribution in [3.63, 3.8) is 0 Å². The lowest BCUT2D eigenvalue weighted by Gasteiger charge is -2.26. The largest absolute Gasteiger partial charge is 0.365 e. The molecule has 1 fully saturated rings. The molecular weight excluding hydrogens is 320 g/mol. The molecule has 1 aliphatic carbocycles. The van der Waals surface area contributed by atoms with Crippen LogP contribution in [0.25, 0.3) is 11.5 Å². The highest BCUT2D eigenvalue weighted by Crippen LogP contribution is 2.22. The van der Waals surface area contributed by atoms with Crippen LogP contribution in [-0.2, 0) is 16.1 Å². The highest BCUT2D eigenvalue weighted by atomic mass is 16.5. The van der Waals surface area contributed by atoms with Gasteiger partial charge in [0, 0.05) is 6.20 Å². The van der Waals surface area contributed by atoms with Crippen LogP contribution in [0.15, 0.2) is 28.9 Å². The monoisotopic (exact) mass is 344 g/mol. The van der Waals surface area contributed by atoms with Crippen molar-refractivity contribution in [1.82, 2.24) is 20.4 Å². The summed E-state index contributed by atoms with van der Waals surface area (Å²) in [5.41, 5.74) is 0.635. The summed E-state index contributed by atoms with van der Waals surface area (Å²) in [4.78, 5) is 20.8. The van der Waals surface area contributed by atoms with Crippen molar-refractivity contribution < 1.29 is 14.1 Å². The number of hydrogen-bond acceptors (Lipinski definition) is 6. The zero-order valence-electron chi connectivity index (χ0n) is 14.5. The van der Waals surface area contributed by atoms with E-state index in [1.807, 2.05) is 19.1 Å². The van der Waals surface area contributed by atoms with Crippen molar-refractivity contribution in [2.75, 3.05) is 0 Å². The van der Waals surface area contributed by atoms with Gasteiger partial charge >= 0.3 is 0 Å². The smallest absolute Gasteiger partial charge is 0.249 e. The van der Waals surface area contributed by atoms with Gasteiger partial charge in [-0.2, -0.15) is 4.98 Å². The van der Waals surface area contributed by atoms with E-state index in [0.717, 1.165) is 12.8 Å². The highest BCUT2D eigenvalue weighted by molar-refractivity contribution is 5.80. The Labute approximate surface area is 147 Å². The number of nitrogens with one attached hydrogen (secondary N) is 1. The van der Waals surface area contributed by atoms with Crippen LogP contribution in [0.4, 0.5) is 0 Å². The van der Waals surface area contributed by atoms with Gasteiger partial charge < -0.3 is 14.6 Å². The van der Waals surface area contributed by atoms with Crippen LogP contribution < -0.4 is 5.32 Å². The van der Waals surface area contributed by atoms with E-state index in [0.29, 0.717) is 23.8 Å². The van der Waals surface area contributed by atoms with Crippen LogP contribution in [0.5, 0.6) is 0 Å². The van der Waals surface area contributed by atoms with Gasteiger partial charge in [0.05, 0.1) is 12.6 Å². The van der Waals surface area contributed by atoms with E-state index >= 15 is 0 Å². The maximum Gasteiger partial charge on any atom is 0.249 e. The van der Waals surface area contributed by atoms with Crippen LogP contribution in [0.1, 0.15) is 51.3 Å². The number of nitrogens with zero attached hydrogens (tertiary/aromatic N) is 3. The number of amides is 1. The SMILES string of the molecule is CCC(OC1CCCCC1)C(=O)NCc1nc(-c2ccccn2)no1. The summed E-state index contributed by atoms with van der Waals surface area (Å²) in [6.45, 7) is 2.14. The second-order valence-electron chi connectivity index (χ2n) is 6.24. The number of pyridine rings is 1. The van der Waals surface area contributed by atoms with Gasteiger partial charge in [0.2, 0.25) is 17.6 Å². The Morgan fingerprint density at radius 2 is 2.20 bits per heavy atom. The van der Waals surface area contributed by atoms with Crippen LogP contribution >= 0.6 is 0 Å². The van der Waals surface area contributed by atoms with Crippen LogP contribution in [0, 0.1) is 0 Å². The Morgan fingerprint density at radius 1 is 1.36 bits per heavy atom. The third-order valence-electron chi connectivity index (χ3n) is 4.35. The normalized spacial score (nSPS) is 16.5. The Hall–Kier alpha value is -2.28. The zero-order chi connectivity index (χ0) is 17.5. The summed E-state index contributed by atoms with van der Waals surface area (Å²) < 4.78 is 11.2. The molecule has 7 heteroatoms. The summed E-state index contributed by atoms with van der Waals surface area (Å²) in [6, 6.07) is 5.48. The van der Waals surface area contributed by atoms with Gasteiger partial charge in [0.15, 0.2) is 0 Å². The molecule has 1 amide bonds. The van der Waals surface area contributed by atoms with Crippen molar-refractivity contribution >= 4 is 5.91 Å². The molecule has 2 aromatic rings. The number of hydrogen-bond donors (Lipinski definition) is 1. The number of aromatic nitrogens is 3. The lowest BCUT2D eigenvalue weighted by Crippen LogP contribution is -2.38. The fourth-order valence-electron chi connectivity index (χ4n) is 2.98. The number of carbonyl (C=O) groups is 1. The average Bonchev–Trinajstić information content (AvgIpc) is 3.15. The van der Waals surface area contributed by atoms with Crippen LogP contribution in [-0.4, -0.2) is 33.2 Å². The van der Waals surface area contributed by atoms with Crippen molar-refractivity contribution in [3.05, 3.63) is 30.3 Å². The maximum absolute atomic E-state index is 12.4. The molecule has 0 radical (unpaired) electrons.